The van der Waals surface area contributed by atoms with E-state index in [9.17, 15) is 17.6 Å². The molecule has 1 aromatic heterocycles. The topological polar surface area (TPSA) is 115 Å². The van der Waals surface area contributed by atoms with Gasteiger partial charge in [-0.05, 0) is 30.7 Å². The summed E-state index contributed by atoms with van der Waals surface area (Å²) in [7, 11) is -3.41. The molecule has 0 aliphatic carbocycles. The van der Waals surface area contributed by atoms with Gasteiger partial charge in [-0.1, -0.05) is 5.16 Å². The number of hydrogen-bond donors (Lipinski definition) is 1. The Morgan fingerprint density at radius 1 is 1.31 bits per heavy atom. The molecule has 0 atom stereocenters. The van der Waals surface area contributed by atoms with Crippen LogP contribution in [0.4, 0.5) is 4.39 Å². The predicted octanol–water partition coefficient (Wildman–Crippen LogP) is 0.895. The van der Waals surface area contributed by atoms with Gasteiger partial charge >= 0.3 is 0 Å². The number of aromatic nitrogens is 2. The maximum absolute atomic E-state index is 13.4. The minimum atomic E-state index is -3.41. The van der Waals surface area contributed by atoms with E-state index in [0.29, 0.717) is 43.3 Å². The lowest BCUT2D eigenvalue weighted by Crippen LogP contribution is -2.43. The van der Waals surface area contributed by atoms with Gasteiger partial charge in [-0.2, -0.15) is 9.29 Å². The summed E-state index contributed by atoms with van der Waals surface area (Å²) >= 11 is 0. The van der Waals surface area contributed by atoms with E-state index < -0.39 is 10.0 Å². The van der Waals surface area contributed by atoms with Crippen molar-refractivity contribution < 1.29 is 26.9 Å². The van der Waals surface area contributed by atoms with Crippen molar-refractivity contribution in [3.63, 3.8) is 0 Å². The number of halogens is 1. The van der Waals surface area contributed by atoms with Crippen molar-refractivity contribution in [2.45, 2.75) is 19.8 Å². The first-order chi connectivity index (χ1) is 13.8. The molecule has 1 N–H and O–H groups in total. The Morgan fingerprint density at radius 3 is 2.79 bits per heavy atom. The maximum atomic E-state index is 13.4. The molecular formula is C18H23FN4O5S. The third-order valence-electron chi connectivity index (χ3n) is 4.50. The first-order valence-electron chi connectivity index (χ1n) is 9.26. The summed E-state index contributed by atoms with van der Waals surface area (Å²) in [5.74, 6) is -0.185. The number of hydrogen-bond acceptors (Lipinski definition) is 7. The van der Waals surface area contributed by atoms with Crippen LogP contribution in [0.3, 0.4) is 0 Å². The lowest BCUT2D eigenvalue weighted by Gasteiger charge is -2.26. The van der Waals surface area contributed by atoms with Crippen LogP contribution in [0.15, 0.2) is 22.7 Å². The normalized spacial score (nSPS) is 15.4. The Bertz CT molecular complexity index is 957. The van der Waals surface area contributed by atoms with Gasteiger partial charge in [-0.3, -0.25) is 4.79 Å². The fourth-order valence-electron chi connectivity index (χ4n) is 2.84. The third-order valence-corrected chi connectivity index (χ3v) is 6.37. The molecule has 11 heteroatoms. The zero-order chi connectivity index (χ0) is 20.9. The molecule has 3 rings (SSSR count). The number of carbonyl (C=O) groups excluding carboxylic acids is 1. The molecule has 1 saturated heterocycles. The SMILES string of the molecule is Cc1cc(-c2noc(CCC(=O)NCCS(=O)(=O)N3CCOCC3)n2)ccc1F. The van der Waals surface area contributed by atoms with E-state index in [2.05, 4.69) is 15.5 Å². The van der Waals surface area contributed by atoms with Crippen LogP contribution in [-0.4, -0.2) is 67.4 Å². The van der Waals surface area contributed by atoms with E-state index in [4.69, 9.17) is 9.26 Å². The zero-order valence-electron chi connectivity index (χ0n) is 16.1. The van der Waals surface area contributed by atoms with Crippen LogP contribution in [0.2, 0.25) is 0 Å². The van der Waals surface area contributed by atoms with Gasteiger partial charge in [0.15, 0.2) is 0 Å². The first kappa shape index (κ1) is 21.3. The quantitative estimate of drug-likeness (QED) is 0.667. The molecule has 1 aliphatic heterocycles. The lowest BCUT2D eigenvalue weighted by molar-refractivity contribution is -0.121. The van der Waals surface area contributed by atoms with Crippen LogP contribution in [0.5, 0.6) is 0 Å². The molecule has 0 saturated carbocycles. The average Bonchev–Trinajstić information content (AvgIpc) is 3.18. The summed E-state index contributed by atoms with van der Waals surface area (Å²) < 4.78 is 49.4. The van der Waals surface area contributed by atoms with Gasteiger partial charge in [0.2, 0.25) is 27.6 Å². The highest BCUT2D eigenvalue weighted by atomic mass is 32.2. The summed E-state index contributed by atoms with van der Waals surface area (Å²) in [6.45, 7) is 3.11. The standard InChI is InChI=1S/C18H23FN4O5S/c1-13-12-14(2-3-15(13)19)18-21-17(28-22-18)5-4-16(24)20-6-11-29(25,26)23-7-9-27-10-8-23/h2-3,12H,4-11H2,1H3,(H,20,24). The summed E-state index contributed by atoms with van der Waals surface area (Å²) in [6.07, 6.45) is 0.302. The van der Waals surface area contributed by atoms with Gasteiger partial charge in [0.25, 0.3) is 0 Å². The number of aryl methyl sites for hydroxylation is 2. The van der Waals surface area contributed by atoms with Crippen LogP contribution in [0, 0.1) is 12.7 Å². The second-order valence-corrected chi connectivity index (χ2v) is 8.74. The monoisotopic (exact) mass is 426 g/mol. The average molecular weight is 426 g/mol. The molecule has 1 fully saturated rings. The largest absolute Gasteiger partial charge is 0.379 e. The molecule has 1 aromatic carbocycles. The molecule has 0 radical (unpaired) electrons. The Balaban J connectivity index is 1.44. The van der Waals surface area contributed by atoms with E-state index in [-0.39, 0.29) is 42.8 Å². The number of carbonyl (C=O) groups is 1. The van der Waals surface area contributed by atoms with Crippen LogP contribution in [0.25, 0.3) is 11.4 Å². The molecular weight excluding hydrogens is 403 g/mol. The van der Waals surface area contributed by atoms with Gasteiger partial charge < -0.3 is 14.6 Å². The Labute approximate surface area is 168 Å². The van der Waals surface area contributed by atoms with Crippen molar-refractivity contribution in [3.05, 3.63) is 35.5 Å². The van der Waals surface area contributed by atoms with Crippen molar-refractivity contribution in [2.75, 3.05) is 38.6 Å². The lowest BCUT2D eigenvalue weighted by atomic mass is 10.1. The number of sulfonamides is 1. The number of ether oxygens (including phenoxy) is 1. The molecule has 0 spiro atoms. The highest BCUT2D eigenvalue weighted by Gasteiger charge is 2.24. The van der Waals surface area contributed by atoms with E-state index in [1.165, 1.54) is 10.4 Å². The third kappa shape index (κ3) is 5.81. The van der Waals surface area contributed by atoms with Crippen LogP contribution in [0.1, 0.15) is 17.9 Å². The number of rotatable bonds is 8. The minimum Gasteiger partial charge on any atom is -0.379 e. The number of amides is 1. The van der Waals surface area contributed by atoms with Gasteiger partial charge in [0.05, 0.1) is 19.0 Å². The molecule has 0 unspecified atom stereocenters. The highest BCUT2D eigenvalue weighted by molar-refractivity contribution is 7.89. The van der Waals surface area contributed by atoms with E-state index in [1.54, 1.807) is 19.1 Å². The van der Waals surface area contributed by atoms with Crippen molar-refractivity contribution in [1.29, 1.82) is 0 Å². The first-order valence-corrected chi connectivity index (χ1v) is 10.9. The fourth-order valence-corrected chi connectivity index (χ4v) is 4.16. The molecule has 9 nitrogen and oxygen atoms in total. The molecule has 2 aromatic rings. The van der Waals surface area contributed by atoms with Crippen LogP contribution in [-0.2, 0) is 26.0 Å². The molecule has 1 aliphatic rings. The number of nitrogens with one attached hydrogen (secondary N) is 1. The second kappa shape index (κ2) is 9.42. The minimum absolute atomic E-state index is 0.0302. The molecule has 0 bridgehead atoms. The van der Waals surface area contributed by atoms with Gasteiger partial charge in [-0.15, -0.1) is 0 Å². The highest BCUT2D eigenvalue weighted by Crippen LogP contribution is 2.19. The Kier molecular flexibility index (Phi) is 6.93. The van der Waals surface area contributed by atoms with Gasteiger partial charge in [0.1, 0.15) is 5.82 Å². The Morgan fingerprint density at radius 2 is 2.07 bits per heavy atom. The van der Waals surface area contributed by atoms with E-state index in [1.807, 2.05) is 0 Å². The smallest absolute Gasteiger partial charge is 0.227 e. The summed E-state index contributed by atoms with van der Waals surface area (Å²) in [4.78, 5) is 16.2. The van der Waals surface area contributed by atoms with Crippen molar-refractivity contribution in [3.8, 4) is 11.4 Å². The second-order valence-electron chi connectivity index (χ2n) is 6.65. The van der Waals surface area contributed by atoms with Gasteiger partial charge in [-0.25, -0.2) is 12.8 Å². The van der Waals surface area contributed by atoms with Crippen LogP contribution < -0.4 is 5.32 Å². The summed E-state index contributed by atoms with van der Waals surface area (Å²) in [5, 5.41) is 6.44. The summed E-state index contributed by atoms with van der Waals surface area (Å²) in [5.41, 5.74) is 1.09. The molecule has 1 amide bonds. The molecule has 158 valence electrons. The zero-order valence-corrected chi connectivity index (χ0v) is 16.9. The predicted molar refractivity (Wildman–Crippen MR) is 102 cm³/mol. The summed E-state index contributed by atoms with van der Waals surface area (Å²) in [6, 6.07) is 4.50. The van der Waals surface area contributed by atoms with E-state index >= 15 is 0 Å². The van der Waals surface area contributed by atoms with Crippen molar-refractivity contribution >= 4 is 15.9 Å². The number of morpholine rings is 1. The van der Waals surface area contributed by atoms with Crippen LogP contribution >= 0.6 is 0 Å². The van der Waals surface area contributed by atoms with Crippen molar-refractivity contribution in [1.82, 2.24) is 19.8 Å². The molecule has 2 heterocycles. The van der Waals surface area contributed by atoms with Crippen molar-refractivity contribution in [2.24, 2.45) is 0 Å². The van der Waals surface area contributed by atoms with E-state index in [0.717, 1.165) is 0 Å². The maximum Gasteiger partial charge on any atom is 0.227 e. The van der Waals surface area contributed by atoms with Gasteiger partial charge in [0, 0.05) is 38.0 Å². The number of benzene rings is 1. The fraction of sp³-hybridized carbons (Fsp3) is 0.500. The Hall–Kier alpha value is -2.37. The molecule has 29 heavy (non-hydrogen) atoms. The number of nitrogens with zero attached hydrogens (tertiary/aromatic N) is 3.